The van der Waals surface area contributed by atoms with Crippen LogP contribution in [0.2, 0.25) is 0 Å². The van der Waals surface area contributed by atoms with Crippen LogP contribution in [0.5, 0.6) is 0 Å². The van der Waals surface area contributed by atoms with Crippen LogP contribution < -0.4 is 20.9 Å². The van der Waals surface area contributed by atoms with Crippen molar-refractivity contribution < 1.29 is 18.9 Å². The maximum absolute atomic E-state index is 12.7. The number of carbonyl (C=O) groups is 2. The highest BCUT2D eigenvalue weighted by atomic mass is 16.3. The molecule has 30 heavy (non-hydrogen) atoms. The van der Waals surface area contributed by atoms with Gasteiger partial charge in [-0.2, -0.15) is 0 Å². The van der Waals surface area contributed by atoms with Gasteiger partial charge in [-0.1, -0.05) is 12.1 Å². The number of urea groups is 1. The third kappa shape index (κ3) is 6.35. The van der Waals surface area contributed by atoms with Crippen LogP contribution in [0.3, 0.4) is 0 Å². The molecule has 1 fully saturated rings. The molecule has 7 heteroatoms. The summed E-state index contributed by atoms with van der Waals surface area (Å²) < 4.78 is 5.66. The number of benzene rings is 1. The Labute approximate surface area is 178 Å². The number of hydrogen-bond donors (Lipinski definition) is 4. The van der Waals surface area contributed by atoms with Crippen LogP contribution in [0.1, 0.15) is 60.8 Å². The van der Waals surface area contributed by atoms with E-state index in [0.29, 0.717) is 18.7 Å². The fraction of sp³-hybridized carbons (Fsp3) is 0.478. The fourth-order valence-electron chi connectivity index (χ4n) is 3.86. The van der Waals surface area contributed by atoms with Crippen LogP contribution in [0.4, 0.5) is 4.79 Å². The normalized spacial score (nSPS) is 15.6. The van der Waals surface area contributed by atoms with Crippen molar-refractivity contribution >= 4 is 11.9 Å². The Hall–Kier alpha value is -2.80. The van der Waals surface area contributed by atoms with Gasteiger partial charge in [0.1, 0.15) is 0 Å². The molecule has 2 heterocycles. The van der Waals surface area contributed by atoms with Crippen LogP contribution in [-0.4, -0.2) is 37.6 Å². The van der Waals surface area contributed by atoms with E-state index in [-0.39, 0.29) is 24.0 Å². The van der Waals surface area contributed by atoms with E-state index in [1.807, 2.05) is 38.1 Å². The maximum atomic E-state index is 12.7. The van der Waals surface area contributed by atoms with Gasteiger partial charge in [-0.25, -0.2) is 4.79 Å². The van der Waals surface area contributed by atoms with Gasteiger partial charge < -0.3 is 25.3 Å². The summed E-state index contributed by atoms with van der Waals surface area (Å²) in [5, 5.41) is 8.67. The molecule has 1 aromatic heterocycles. The van der Waals surface area contributed by atoms with Crippen LogP contribution in [-0.2, 0) is 6.54 Å². The summed E-state index contributed by atoms with van der Waals surface area (Å²) >= 11 is 0. The Morgan fingerprint density at radius 3 is 2.40 bits per heavy atom. The standard InChI is InChI=1S/C23H32N4O3/c1-17(2)26-23(29)25-15-18-8-10-19(11-9-18)22(28)24-16-20(21-7-6-14-30-21)27-12-4-3-5-13-27/h6-11,14,17,20H,3-5,12-13,15-16H2,1-2H3,(H,24,28)(H2,25,26,29)/p+1/t20-/m0/s1. The molecule has 0 bridgehead atoms. The first-order valence-corrected chi connectivity index (χ1v) is 10.8. The van der Waals surface area contributed by atoms with E-state index in [0.717, 1.165) is 24.4 Å². The van der Waals surface area contributed by atoms with E-state index >= 15 is 0 Å². The Balaban J connectivity index is 1.53. The molecular formula is C23H33N4O3+. The molecule has 1 aliphatic rings. The maximum Gasteiger partial charge on any atom is 0.315 e. The highest BCUT2D eigenvalue weighted by Gasteiger charge is 2.28. The molecular weight excluding hydrogens is 380 g/mol. The van der Waals surface area contributed by atoms with Gasteiger partial charge in [-0.3, -0.25) is 4.79 Å². The van der Waals surface area contributed by atoms with E-state index < -0.39 is 0 Å². The van der Waals surface area contributed by atoms with E-state index in [1.165, 1.54) is 24.2 Å². The minimum absolute atomic E-state index is 0.0906. The summed E-state index contributed by atoms with van der Waals surface area (Å²) in [6.07, 6.45) is 5.40. The highest BCUT2D eigenvalue weighted by molar-refractivity contribution is 5.94. The molecule has 2 aromatic rings. The zero-order valence-electron chi connectivity index (χ0n) is 17.9. The lowest BCUT2D eigenvalue weighted by atomic mass is 10.1. The SMILES string of the molecule is CC(C)NC(=O)NCc1ccc(C(=O)NC[C@@H](c2ccco2)[NH+]2CCCCC2)cc1. The molecule has 162 valence electrons. The largest absolute Gasteiger partial charge is 0.463 e. The van der Waals surface area contributed by atoms with Gasteiger partial charge in [0.2, 0.25) is 0 Å². The topological polar surface area (TPSA) is 87.8 Å². The second kappa shape index (κ2) is 10.8. The average Bonchev–Trinajstić information content (AvgIpc) is 3.27. The van der Waals surface area contributed by atoms with Crippen LogP contribution in [0.25, 0.3) is 0 Å². The predicted molar refractivity (Wildman–Crippen MR) is 115 cm³/mol. The van der Waals surface area contributed by atoms with Crippen LogP contribution in [0.15, 0.2) is 47.1 Å². The molecule has 1 aliphatic heterocycles. The molecule has 4 N–H and O–H groups in total. The number of rotatable bonds is 8. The third-order valence-electron chi connectivity index (χ3n) is 5.43. The fourth-order valence-corrected chi connectivity index (χ4v) is 3.86. The van der Waals surface area contributed by atoms with Gasteiger partial charge in [-0.15, -0.1) is 0 Å². The van der Waals surface area contributed by atoms with E-state index in [2.05, 4.69) is 16.0 Å². The van der Waals surface area contributed by atoms with Gasteiger partial charge >= 0.3 is 6.03 Å². The molecule has 0 aliphatic carbocycles. The van der Waals surface area contributed by atoms with Crippen molar-refractivity contribution in [2.24, 2.45) is 0 Å². The molecule has 1 aromatic carbocycles. The van der Waals surface area contributed by atoms with Crippen molar-refractivity contribution in [3.8, 4) is 0 Å². The third-order valence-corrected chi connectivity index (χ3v) is 5.43. The van der Waals surface area contributed by atoms with Crippen molar-refractivity contribution in [3.63, 3.8) is 0 Å². The molecule has 0 spiro atoms. The van der Waals surface area contributed by atoms with Crippen molar-refractivity contribution in [2.45, 2.75) is 51.7 Å². The summed E-state index contributed by atoms with van der Waals surface area (Å²) in [6.45, 7) is 6.99. The lowest BCUT2D eigenvalue weighted by molar-refractivity contribution is -0.936. The second-order valence-electron chi connectivity index (χ2n) is 8.18. The number of furan rings is 1. The summed E-state index contributed by atoms with van der Waals surface area (Å²) in [4.78, 5) is 25.8. The van der Waals surface area contributed by atoms with Crippen LogP contribution in [0, 0.1) is 0 Å². The minimum Gasteiger partial charge on any atom is -0.463 e. The lowest BCUT2D eigenvalue weighted by Gasteiger charge is -2.30. The first-order chi connectivity index (χ1) is 14.5. The van der Waals surface area contributed by atoms with Crippen LogP contribution >= 0.6 is 0 Å². The Morgan fingerprint density at radius 2 is 1.77 bits per heavy atom. The predicted octanol–water partition coefficient (Wildman–Crippen LogP) is 2.03. The summed E-state index contributed by atoms with van der Waals surface area (Å²) in [5.74, 6) is 0.827. The Morgan fingerprint density at radius 1 is 1.03 bits per heavy atom. The van der Waals surface area contributed by atoms with Gasteiger partial charge in [0, 0.05) is 18.2 Å². The number of likely N-dealkylation sites (tertiary alicyclic amines) is 1. The Bertz CT molecular complexity index is 796. The number of carbonyl (C=O) groups excluding carboxylic acids is 2. The van der Waals surface area contributed by atoms with Gasteiger partial charge in [0.05, 0.1) is 25.9 Å². The number of piperidine rings is 1. The summed E-state index contributed by atoms with van der Waals surface area (Å²) in [7, 11) is 0. The number of amides is 3. The number of hydrogen-bond acceptors (Lipinski definition) is 3. The monoisotopic (exact) mass is 413 g/mol. The Kier molecular flexibility index (Phi) is 7.90. The zero-order valence-corrected chi connectivity index (χ0v) is 17.9. The number of nitrogens with one attached hydrogen (secondary N) is 4. The van der Waals surface area contributed by atoms with Crippen molar-refractivity contribution in [1.82, 2.24) is 16.0 Å². The van der Waals surface area contributed by atoms with E-state index in [4.69, 9.17) is 4.42 Å². The summed E-state index contributed by atoms with van der Waals surface area (Å²) in [6, 6.07) is 11.2. The molecule has 7 nitrogen and oxygen atoms in total. The van der Waals surface area contributed by atoms with Gasteiger partial charge in [0.15, 0.2) is 11.8 Å². The molecule has 0 saturated carbocycles. The molecule has 3 amide bonds. The average molecular weight is 414 g/mol. The highest BCUT2D eigenvalue weighted by Crippen LogP contribution is 2.12. The first kappa shape index (κ1) is 21.9. The quantitative estimate of drug-likeness (QED) is 0.534. The van der Waals surface area contributed by atoms with Crippen molar-refractivity contribution in [3.05, 3.63) is 59.5 Å². The van der Waals surface area contributed by atoms with Gasteiger partial charge in [0.25, 0.3) is 5.91 Å². The zero-order chi connectivity index (χ0) is 21.3. The molecule has 1 atom stereocenters. The van der Waals surface area contributed by atoms with E-state index in [1.54, 1.807) is 18.4 Å². The van der Waals surface area contributed by atoms with Crippen molar-refractivity contribution in [2.75, 3.05) is 19.6 Å². The van der Waals surface area contributed by atoms with E-state index in [9.17, 15) is 9.59 Å². The lowest BCUT2D eigenvalue weighted by Crippen LogP contribution is -3.13. The summed E-state index contributed by atoms with van der Waals surface area (Å²) in [5.41, 5.74) is 1.55. The molecule has 0 radical (unpaired) electrons. The van der Waals surface area contributed by atoms with Gasteiger partial charge in [-0.05, 0) is 62.9 Å². The molecule has 3 rings (SSSR count). The minimum atomic E-state index is -0.198. The smallest absolute Gasteiger partial charge is 0.315 e. The first-order valence-electron chi connectivity index (χ1n) is 10.8. The molecule has 0 unspecified atom stereocenters. The second-order valence-corrected chi connectivity index (χ2v) is 8.18. The number of quaternary nitrogens is 1. The van der Waals surface area contributed by atoms with Crippen molar-refractivity contribution in [1.29, 1.82) is 0 Å². The molecule has 1 saturated heterocycles.